The van der Waals surface area contributed by atoms with Crippen LogP contribution in [0.15, 0.2) is 56.9 Å². The summed E-state index contributed by atoms with van der Waals surface area (Å²) in [4.78, 5) is 63.1. The summed E-state index contributed by atoms with van der Waals surface area (Å²) < 4.78 is 0. The third-order valence-corrected chi connectivity index (χ3v) is 5.70. The second-order valence-corrected chi connectivity index (χ2v) is 7.71. The molecule has 2 heterocycles. The van der Waals surface area contributed by atoms with E-state index >= 15 is 0 Å². The van der Waals surface area contributed by atoms with E-state index in [1.165, 1.54) is 34.9 Å². The van der Waals surface area contributed by atoms with Gasteiger partial charge in [0.1, 0.15) is 6.54 Å². The lowest BCUT2D eigenvalue weighted by atomic mass is 10.1. The van der Waals surface area contributed by atoms with E-state index in [1.807, 2.05) is 12.1 Å². The van der Waals surface area contributed by atoms with Crippen molar-refractivity contribution in [3.63, 3.8) is 0 Å². The zero-order valence-corrected chi connectivity index (χ0v) is 16.9. The van der Waals surface area contributed by atoms with Crippen molar-refractivity contribution >= 4 is 51.6 Å². The van der Waals surface area contributed by atoms with Crippen LogP contribution in [0, 0.1) is 0 Å². The molecule has 0 atom stereocenters. The monoisotopic (exact) mass is 439 g/mol. The molecule has 0 saturated carbocycles. The minimum Gasteiger partial charge on any atom is -0.345 e. The van der Waals surface area contributed by atoms with Crippen molar-refractivity contribution in [2.45, 2.75) is 4.90 Å². The number of benzene rings is 2. The maximum atomic E-state index is 12.3. The van der Waals surface area contributed by atoms with Crippen LogP contribution >= 0.6 is 11.8 Å². The quantitative estimate of drug-likeness (QED) is 0.453. The van der Waals surface area contributed by atoms with E-state index in [1.54, 1.807) is 12.1 Å². The van der Waals surface area contributed by atoms with Crippen molar-refractivity contribution in [3.05, 3.63) is 63.2 Å². The van der Waals surface area contributed by atoms with Crippen LogP contribution in [0.25, 0.3) is 10.8 Å². The number of fused-ring (bicyclic) bond motifs is 2. The number of aromatic nitrogens is 2. The molecule has 158 valence electrons. The first-order valence-corrected chi connectivity index (χ1v) is 10.2. The Morgan fingerprint density at radius 2 is 1.74 bits per heavy atom. The molecule has 0 radical (unpaired) electrons. The zero-order chi connectivity index (χ0) is 22.0. The van der Waals surface area contributed by atoms with E-state index in [0.29, 0.717) is 5.69 Å². The van der Waals surface area contributed by atoms with Gasteiger partial charge < -0.3 is 15.5 Å². The van der Waals surface area contributed by atoms with E-state index in [9.17, 15) is 24.0 Å². The molecule has 11 heteroatoms. The maximum absolute atomic E-state index is 12.3. The number of thioether (sulfide) groups is 1. The van der Waals surface area contributed by atoms with Crippen molar-refractivity contribution in [2.75, 3.05) is 29.1 Å². The molecule has 3 aromatic rings. The van der Waals surface area contributed by atoms with Gasteiger partial charge >= 0.3 is 0 Å². The van der Waals surface area contributed by atoms with Crippen LogP contribution in [-0.4, -0.2) is 46.8 Å². The molecule has 3 amide bonds. The SMILES string of the molecule is O=C(CN1C(=O)CSc2ccccc21)NCC(=O)Nc1cccc2c(=O)[nH][nH]c(=O)c12. The van der Waals surface area contributed by atoms with Crippen molar-refractivity contribution < 1.29 is 14.4 Å². The van der Waals surface area contributed by atoms with Gasteiger partial charge in [0.25, 0.3) is 11.1 Å². The molecule has 0 saturated heterocycles. The highest BCUT2D eigenvalue weighted by Gasteiger charge is 2.26. The van der Waals surface area contributed by atoms with E-state index in [2.05, 4.69) is 20.8 Å². The van der Waals surface area contributed by atoms with E-state index < -0.39 is 22.9 Å². The number of rotatable bonds is 5. The number of H-pyrrole nitrogens is 2. The molecule has 0 bridgehead atoms. The first-order valence-electron chi connectivity index (χ1n) is 9.26. The Morgan fingerprint density at radius 1 is 0.968 bits per heavy atom. The molecule has 4 rings (SSSR count). The molecule has 0 aliphatic carbocycles. The maximum Gasteiger partial charge on any atom is 0.272 e. The van der Waals surface area contributed by atoms with Crippen LogP contribution < -0.4 is 26.7 Å². The molecule has 4 N–H and O–H groups in total. The number of hydrogen-bond donors (Lipinski definition) is 4. The summed E-state index contributed by atoms with van der Waals surface area (Å²) in [6, 6.07) is 11.8. The number of amides is 3. The lowest BCUT2D eigenvalue weighted by Gasteiger charge is -2.28. The lowest BCUT2D eigenvalue weighted by molar-refractivity contribution is -0.124. The highest BCUT2D eigenvalue weighted by Crippen LogP contribution is 2.34. The van der Waals surface area contributed by atoms with Crippen LogP contribution in [-0.2, 0) is 14.4 Å². The fourth-order valence-corrected chi connectivity index (χ4v) is 4.17. The minimum atomic E-state index is -0.582. The molecule has 0 unspecified atom stereocenters. The van der Waals surface area contributed by atoms with Gasteiger partial charge in [0.05, 0.1) is 34.4 Å². The van der Waals surface area contributed by atoms with Gasteiger partial charge in [-0.25, -0.2) is 0 Å². The summed E-state index contributed by atoms with van der Waals surface area (Å²) in [6.07, 6.45) is 0. The summed E-state index contributed by atoms with van der Waals surface area (Å²) in [5.41, 5.74) is -0.247. The number of para-hydroxylation sites is 1. The highest BCUT2D eigenvalue weighted by atomic mass is 32.2. The van der Waals surface area contributed by atoms with Gasteiger partial charge in [0.15, 0.2) is 0 Å². The zero-order valence-electron chi connectivity index (χ0n) is 16.1. The van der Waals surface area contributed by atoms with Gasteiger partial charge in [-0.2, -0.15) is 0 Å². The number of carbonyl (C=O) groups is 3. The van der Waals surface area contributed by atoms with Gasteiger partial charge in [-0.15, -0.1) is 11.8 Å². The fraction of sp³-hybridized carbons (Fsp3) is 0.150. The predicted octanol–water partition coefficient (Wildman–Crippen LogP) is 0.410. The normalized spacial score (nSPS) is 13.0. The van der Waals surface area contributed by atoms with Gasteiger partial charge in [0.2, 0.25) is 17.7 Å². The van der Waals surface area contributed by atoms with E-state index in [4.69, 9.17) is 0 Å². The number of hydrogen-bond acceptors (Lipinski definition) is 6. The molecule has 0 spiro atoms. The van der Waals surface area contributed by atoms with Crippen LogP contribution in [0.4, 0.5) is 11.4 Å². The smallest absolute Gasteiger partial charge is 0.272 e. The first-order chi connectivity index (χ1) is 14.9. The van der Waals surface area contributed by atoms with Crippen LogP contribution in [0.2, 0.25) is 0 Å². The van der Waals surface area contributed by atoms with Gasteiger partial charge in [-0.05, 0) is 24.3 Å². The number of nitrogens with zero attached hydrogens (tertiary/aromatic N) is 1. The van der Waals surface area contributed by atoms with Crippen LogP contribution in [0.3, 0.4) is 0 Å². The van der Waals surface area contributed by atoms with Gasteiger partial charge in [-0.1, -0.05) is 18.2 Å². The molecular weight excluding hydrogens is 422 g/mol. The third kappa shape index (κ3) is 4.21. The molecule has 10 nitrogen and oxygen atoms in total. The Kier molecular flexibility index (Phi) is 5.58. The molecule has 1 aliphatic rings. The second-order valence-electron chi connectivity index (χ2n) is 6.70. The summed E-state index contributed by atoms with van der Waals surface area (Å²) in [5.74, 6) is -1.04. The average molecular weight is 439 g/mol. The third-order valence-electron chi connectivity index (χ3n) is 4.66. The summed E-state index contributed by atoms with van der Waals surface area (Å²) in [7, 11) is 0. The van der Waals surface area contributed by atoms with Gasteiger partial charge in [0, 0.05) is 4.90 Å². The van der Waals surface area contributed by atoms with Crippen molar-refractivity contribution in [1.82, 2.24) is 15.5 Å². The number of nitrogens with one attached hydrogen (secondary N) is 4. The van der Waals surface area contributed by atoms with E-state index in [0.717, 1.165) is 4.90 Å². The molecule has 31 heavy (non-hydrogen) atoms. The Bertz CT molecular complexity index is 1320. The predicted molar refractivity (Wildman–Crippen MR) is 116 cm³/mol. The summed E-state index contributed by atoms with van der Waals surface area (Å²) in [6.45, 7) is -0.582. The number of carbonyl (C=O) groups excluding carboxylic acids is 3. The Morgan fingerprint density at radius 3 is 2.58 bits per heavy atom. The summed E-state index contributed by atoms with van der Waals surface area (Å²) in [5, 5.41) is 9.59. The summed E-state index contributed by atoms with van der Waals surface area (Å²) >= 11 is 1.41. The Hall–Kier alpha value is -3.86. The first kappa shape index (κ1) is 20.4. The number of anilines is 2. The van der Waals surface area contributed by atoms with Crippen molar-refractivity contribution in [2.24, 2.45) is 0 Å². The fourth-order valence-electron chi connectivity index (χ4n) is 3.23. The highest BCUT2D eigenvalue weighted by molar-refractivity contribution is 8.00. The molecule has 0 fully saturated rings. The molecule has 1 aromatic heterocycles. The second kappa shape index (κ2) is 8.48. The standard InChI is InChI=1S/C20H17N5O5S/c26-15(22-12-5-3-4-11-18(12)20(30)24-23-19(11)29)8-21-16(27)9-25-13-6-1-2-7-14(13)31-10-17(25)28/h1-7H,8-10H2,(H,21,27)(H,22,26)(H,23,29)(H,24,30). The van der Waals surface area contributed by atoms with Crippen LogP contribution in [0.5, 0.6) is 0 Å². The Balaban J connectivity index is 1.41. The molecular formula is C20H17N5O5S. The minimum absolute atomic E-state index is 0.0407. The van der Waals surface area contributed by atoms with Crippen molar-refractivity contribution in [3.8, 4) is 0 Å². The average Bonchev–Trinajstić information content (AvgIpc) is 2.77. The largest absolute Gasteiger partial charge is 0.345 e. The lowest BCUT2D eigenvalue weighted by Crippen LogP contribution is -2.44. The van der Waals surface area contributed by atoms with Gasteiger partial charge in [-0.3, -0.25) is 34.2 Å². The van der Waals surface area contributed by atoms with E-state index in [-0.39, 0.29) is 41.2 Å². The topological polar surface area (TPSA) is 144 Å². The molecule has 1 aliphatic heterocycles. The Labute approximate surface area is 179 Å². The van der Waals surface area contributed by atoms with Crippen LogP contribution in [0.1, 0.15) is 0 Å². The molecule has 2 aromatic carbocycles. The number of aromatic amines is 2. The van der Waals surface area contributed by atoms with Crippen molar-refractivity contribution in [1.29, 1.82) is 0 Å².